The Labute approximate surface area is 143 Å². The van der Waals surface area contributed by atoms with E-state index < -0.39 is 0 Å². The Bertz CT molecular complexity index is 681. The SMILES string of the molecule is Cc1ccc(O[C@H]2C[C@H]3CN(Cc4nccn4C)CCN3C2)cc1. The third-order valence-corrected chi connectivity index (χ3v) is 5.27. The summed E-state index contributed by atoms with van der Waals surface area (Å²) in [5, 5.41) is 0. The highest BCUT2D eigenvalue weighted by Crippen LogP contribution is 2.26. The van der Waals surface area contributed by atoms with Crippen LogP contribution < -0.4 is 4.74 Å². The van der Waals surface area contributed by atoms with Gasteiger partial charge in [-0.1, -0.05) is 17.7 Å². The van der Waals surface area contributed by atoms with Crippen molar-refractivity contribution in [1.29, 1.82) is 0 Å². The quantitative estimate of drug-likeness (QED) is 0.861. The molecule has 2 fully saturated rings. The normalized spacial score (nSPS) is 24.9. The van der Waals surface area contributed by atoms with Gasteiger partial charge in [0.05, 0.1) is 6.54 Å². The molecule has 128 valence electrons. The number of hydrogen-bond acceptors (Lipinski definition) is 4. The summed E-state index contributed by atoms with van der Waals surface area (Å²) in [5.74, 6) is 2.14. The smallest absolute Gasteiger partial charge is 0.122 e. The summed E-state index contributed by atoms with van der Waals surface area (Å²) in [5.41, 5.74) is 1.27. The Balaban J connectivity index is 1.34. The lowest BCUT2D eigenvalue weighted by Gasteiger charge is -2.36. The molecule has 0 aliphatic carbocycles. The third-order valence-electron chi connectivity index (χ3n) is 5.27. The van der Waals surface area contributed by atoms with Crippen molar-refractivity contribution < 1.29 is 4.74 Å². The largest absolute Gasteiger partial charge is 0.489 e. The summed E-state index contributed by atoms with van der Waals surface area (Å²) < 4.78 is 8.32. The van der Waals surface area contributed by atoms with Crippen molar-refractivity contribution in [3.63, 3.8) is 0 Å². The van der Waals surface area contributed by atoms with Crippen LogP contribution in [0.3, 0.4) is 0 Å². The molecule has 0 spiro atoms. The fourth-order valence-electron chi connectivity index (χ4n) is 3.85. The van der Waals surface area contributed by atoms with Gasteiger partial charge in [-0.2, -0.15) is 0 Å². The molecule has 1 aromatic carbocycles. The highest BCUT2D eigenvalue weighted by Gasteiger charge is 2.37. The minimum Gasteiger partial charge on any atom is -0.489 e. The second kappa shape index (κ2) is 6.57. The predicted molar refractivity (Wildman–Crippen MR) is 94.1 cm³/mol. The van der Waals surface area contributed by atoms with Crippen molar-refractivity contribution >= 4 is 0 Å². The average molecular weight is 326 g/mol. The average Bonchev–Trinajstić information content (AvgIpc) is 3.15. The second-order valence-corrected chi connectivity index (χ2v) is 7.13. The summed E-state index contributed by atoms with van der Waals surface area (Å²) in [6.45, 7) is 7.45. The van der Waals surface area contributed by atoms with Crippen LogP contribution in [0.4, 0.5) is 0 Å². The van der Waals surface area contributed by atoms with Crippen LogP contribution in [0.2, 0.25) is 0 Å². The van der Waals surface area contributed by atoms with E-state index in [0.29, 0.717) is 12.1 Å². The van der Waals surface area contributed by atoms with Gasteiger partial charge in [-0.15, -0.1) is 0 Å². The first-order valence-corrected chi connectivity index (χ1v) is 8.83. The van der Waals surface area contributed by atoms with Crippen LogP contribution in [0, 0.1) is 6.92 Å². The number of piperazine rings is 1. The van der Waals surface area contributed by atoms with Crippen LogP contribution in [-0.4, -0.2) is 57.7 Å². The van der Waals surface area contributed by atoms with E-state index in [1.54, 1.807) is 0 Å². The monoisotopic (exact) mass is 326 g/mol. The van der Waals surface area contributed by atoms with Crippen LogP contribution in [0.1, 0.15) is 17.8 Å². The maximum atomic E-state index is 6.21. The lowest BCUT2D eigenvalue weighted by Crippen LogP contribution is -2.49. The predicted octanol–water partition coefficient (Wildman–Crippen LogP) is 2.07. The van der Waals surface area contributed by atoms with Gasteiger partial charge in [0.1, 0.15) is 17.7 Å². The summed E-state index contributed by atoms with van der Waals surface area (Å²) >= 11 is 0. The van der Waals surface area contributed by atoms with E-state index in [1.807, 2.05) is 12.4 Å². The molecule has 1 aromatic heterocycles. The molecular weight excluding hydrogens is 300 g/mol. The molecule has 3 heterocycles. The van der Waals surface area contributed by atoms with Crippen molar-refractivity contribution in [2.75, 3.05) is 26.2 Å². The Kier molecular flexibility index (Phi) is 4.29. The van der Waals surface area contributed by atoms with E-state index >= 15 is 0 Å². The lowest BCUT2D eigenvalue weighted by atomic mass is 10.1. The Morgan fingerprint density at radius 2 is 2.00 bits per heavy atom. The number of benzene rings is 1. The second-order valence-electron chi connectivity index (χ2n) is 7.13. The number of aryl methyl sites for hydroxylation is 2. The first kappa shape index (κ1) is 15.7. The Hall–Kier alpha value is -1.85. The molecule has 0 unspecified atom stereocenters. The van der Waals surface area contributed by atoms with Crippen molar-refractivity contribution in [1.82, 2.24) is 19.4 Å². The number of hydrogen-bond donors (Lipinski definition) is 0. The van der Waals surface area contributed by atoms with Crippen molar-refractivity contribution in [2.45, 2.75) is 32.0 Å². The zero-order valence-electron chi connectivity index (χ0n) is 14.6. The maximum Gasteiger partial charge on any atom is 0.122 e. The van der Waals surface area contributed by atoms with Gasteiger partial charge in [-0.25, -0.2) is 4.98 Å². The van der Waals surface area contributed by atoms with E-state index in [0.717, 1.165) is 50.7 Å². The number of nitrogens with zero attached hydrogens (tertiary/aromatic N) is 4. The van der Waals surface area contributed by atoms with Gasteiger partial charge in [0, 0.05) is 58.1 Å². The number of rotatable bonds is 4. The van der Waals surface area contributed by atoms with E-state index in [2.05, 4.69) is 57.6 Å². The summed E-state index contributed by atoms with van der Waals surface area (Å²) in [4.78, 5) is 9.57. The summed E-state index contributed by atoms with van der Waals surface area (Å²) in [6, 6.07) is 9.01. The van der Waals surface area contributed by atoms with Crippen LogP contribution in [0.15, 0.2) is 36.7 Å². The van der Waals surface area contributed by atoms with Crippen molar-refractivity contribution in [2.24, 2.45) is 7.05 Å². The molecule has 0 amide bonds. The standard InChI is InChI=1S/C19H26N4O/c1-15-3-5-17(6-4-15)24-18-11-16-12-22(9-10-23(16)13-18)14-19-20-7-8-21(19)2/h3-8,16,18H,9-14H2,1-2H3/t16-,18-/m0/s1. The fraction of sp³-hybridized carbons (Fsp3) is 0.526. The molecule has 0 bridgehead atoms. The first-order chi connectivity index (χ1) is 11.7. The van der Waals surface area contributed by atoms with Gasteiger partial charge in [-0.05, 0) is 19.1 Å². The van der Waals surface area contributed by atoms with Crippen LogP contribution in [-0.2, 0) is 13.6 Å². The summed E-state index contributed by atoms with van der Waals surface area (Å²) in [7, 11) is 2.07. The zero-order chi connectivity index (χ0) is 16.5. The number of fused-ring (bicyclic) bond motifs is 1. The maximum absolute atomic E-state index is 6.21. The van der Waals surface area contributed by atoms with Crippen molar-refractivity contribution in [3.05, 3.63) is 48.0 Å². The van der Waals surface area contributed by atoms with E-state index in [1.165, 1.54) is 5.56 Å². The molecule has 0 saturated carbocycles. The van der Waals surface area contributed by atoms with Gasteiger partial charge >= 0.3 is 0 Å². The van der Waals surface area contributed by atoms with Crippen LogP contribution in [0.25, 0.3) is 0 Å². The minimum absolute atomic E-state index is 0.311. The van der Waals surface area contributed by atoms with Gasteiger partial charge in [0.25, 0.3) is 0 Å². The topological polar surface area (TPSA) is 33.5 Å². The molecule has 2 aliphatic rings. The van der Waals surface area contributed by atoms with Crippen LogP contribution in [0.5, 0.6) is 5.75 Å². The van der Waals surface area contributed by atoms with Gasteiger partial charge in [0.2, 0.25) is 0 Å². The molecule has 5 nitrogen and oxygen atoms in total. The number of imidazole rings is 1. The molecule has 2 aliphatic heterocycles. The lowest BCUT2D eigenvalue weighted by molar-refractivity contribution is 0.0954. The molecule has 5 heteroatoms. The number of aromatic nitrogens is 2. The Morgan fingerprint density at radius 3 is 2.75 bits per heavy atom. The highest BCUT2D eigenvalue weighted by atomic mass is 16.5. The van der Waals surface area contributed by atoms with Gasteiger partial charge in [0.15, 0.2) is 0 Å². The zero-order valence-corrected chi connectivity index (χ0v) is 14.6. The van der Waals surface area contributed by atoms with Crippen molar-refractivity contribution in [3.8, 4) is 5.75 Å². The molecule has 2 saturated heterocycles. The van der Waals surface area contributed by atoms with E-state index in [4.69, 9.17) is 4.74 Å². The molecule has 2 atom stereocenters. The van der Waals surface area contributed by atoms with Gasteiger partial charge in [-0.3, -0.25) is 9.80 Å². The fourth-order valence-corrected chi connectivity index (χ4v) is 3.85. The number of ether oxygens (including phenoxy) is 1. The highest BCUT2D eigenvalue weighted by molar-refractivity contribution is 5.26. The third kappa shape index (κ3) is 3.32. The van der Waals surface area contributed by atoms with Crippen LogP contribution >= 0.6 is 0 Å². The Morgan fingerprint density at radius 1 is 1.17 bits per heavy atom. The molecule has 2 aromatic rings. The molecule has 0 N–H and O–H groups in total. The molecule has 24 heavy (non-hydrogen) atoms. The minimum atomic E-state index is 0.311. The van der Waals surface area contributed by atoms with E-state index in [-0.39, 0.29) is 0 Å². The molecule has 0 radical (unpaired) electrons. The molecular formula is C19H26N4O. The van der Waals surface area contributed by atoms with E-state index in [9.17, 15) is 0 Å². The molecule has 4 rings (SSSR count). The summed E-state index contributed by atoms with van der Waals surface area (Å²) in [6.07, 6.45) is 5.33. The van der Waals surface area contributed by atoms with Gasteiger partial charge < -0.3 is 9.30 Å². The first-order valence-electron chi connectivity index (χ1n) is 8.83.